The molecule has 0 bridgehead atoms. The fraction of sp³-hybridized carbons (Fsp3) is 0.875. The molecule has 0 spiro atoms. The monoisotopic (exact) mass is 301 g/mol. The first-order chi connectivity index (χ1) is 9.97. The predicted molar refractivity (Wildman–Crippen MR) is 79.7 cm³/mol. The van der Waals surface area contributed by atoms with E-state index < -0.39 is 31.0 Å². The average Bonchev–Trinajstić information content (AvgIpc) is 2.48. The van der Waals surface area contributed by atoms with Crippen LogP contribution in [0.2, 0.25) is 0 Å². The third kappa shape index (κ3) is 4.03. The molecular weight excluding hydrogens is 273 g/mol. The molecule has 1 saturated carbocycles. The minimum absolute atomic E-state index is 0.147. The fourth-order valence-electron chi connectivity index (χ4n) is 3.55. The zero-order valence-corrected chi connectivity index (χ0v) is 12.8. The summed E-state index contributed by atoms with van der Waals surface area (Å²) < 4.78 is 12.8. The maximum Gasteiger partial charge on any atom is 0.113 e. The summed E-state index contributed by atoms with van der Waals surface area (Å²) in [4.78, 5) is 0. The van der Waals surface area contributed by atoms with Gasteiger partial charge in [0.25, 0.3) is 0 Å². The lowest BCUT2D eigenvalue weighted by molar-refractivity contribution is -0.0631. The molecule has 4 N–H and O–H groups in total. The summed E-state index contributed by atoms with van der Waals surface area (Å²) in [6, 6.07) is -0.499. The van der Waals surface area contributed by atoms with Gasteiger partial charge in [-0.3, -0.25) is 0 Å². The zero-order valence-electron chi connectivity index (χ0n) is 12.8. The van der Waals surface area contributed by atoms with Gasteiger partial charge in [0.15, 0.2) is 0 Å². The van der Waals surface area contributed by atoms with E-state index in [1.165, 1.54) is 38.2 Å². The van der Waals surface area contributed by atoms with E-state index in [4.69, 9.17) is 0 Å². The van der Waals surface area contributed by atoms with E-state index in [0.29, 0.717) is 5.41 Å². The summed E-state index contributed by atoms with van der Waals surface area (Å²) in [6.45, 7) is 2.21. The van der Waals surface area contributed by atoms with Gasteiger partial charge in [0.1, 0.15) is 25.0 Å². The molecule has 0 aromatic carbocycles. The number of aliphatic hydroxyl groups excluding tert-OH is 3. The highest BCUT2D eigenvalue weighted by Gasteiger charge is 2.37. The van der Waals surface area contributed by atoms with E-state index in [-0.39, 0.29) is 5.57 Å². The minimum atomic E-state index is -1.33. The lowest BCUT2D eigenvalue weighted by atomic mass is 9.73. The summed E-state index contributed by atoms with van der Waals surface area (Å²) in [6.07, 6.45) is 5.12. The molecule has 2 aliphatic carbocycles. The normalized spacial score (nSPS) is 36.3. The van der Waals surface area contributed by atoms with Crippen LogP contribution in [0.25, 0.3) is 0 Å². The van der Waals surface area contributed by atoms with Gasteiger partial charge in [-0.1, -0.05) is 32.3 Å². The largest absolute Gasteiger partial charge is 0.388 e. The highest BCUT2D eigenvalue weighted by atomic mass is 19.1. The van der Waals surface area contributed by atoms with Crippen LogP contribution in [0.3, 0.4) is 0 Å². The molecule has 0 aliphatic heterocycles. The minimum Gasteiger partial charge on any atom is -0.388 e. The van der Waals surface area contributed by atoms with Crippen molar-refractivity contribution in [2.75, 3.05) is 13.2 Å². The van der Waals surface area contributed by atoms with Crippen molar-refractivity contribution in [1.82, 2.24) is 5.32 Å². The zero-order chi connectivity index (χ0) is 15.5. The Morgan fingerprint density at radius 1 is 1.19 bits per heavy atom. The molecule has 0 aromatic rings. The third-order valence-electron chi connectivity index (χ3n) is 5.14. The van der Waals surface area contributed by atoms with Crippen molar-refractivity contribution >= 4 is 0 Å². The van der Waals surface area contributed by atoms with E-state index >= 15 is 0 Å². The summed E-state index contributed by atoms with van der Waals surface area (Å²) in [5, 5.41) is 32.6. The molecule has 122 valence electrons. The van der Waals surface area contributed by atoms with Crippen molar-refractivity contribution in [2.45, 2.75) is 69.8 Å². The molecule has 0 heterocycles. The highest BCUT2D eigenvalue weighted by molar-refractivity contribution is 5.21. The quantitative estimate of drug-likeness (QED) is 0.578. The van der Waals surface area contributed by atoms with Crippen molar-refractivity contribution in [3.63, 3.8) is 0 Å². The van der Waals surface area contributed by atoms with Gasteiger partial charge < -0.3 is 20.6 Å². The maximum absolute atomic E-state index is 12.8. The van der Waals surface area contributed by atoms with Crippen molar-refractivity contribution < 1.29 is 19.7 Å². The Labute approximate surface area is 126 Å². The lowest BCUT2D eigenvalue weighted by Crippen LogP contribution is -2.54. The van der Waals surface area contributed by atoms with Crippen molar-refractivity contribution in [2.24, 2.45) is 5.41 Å². The van der Waals surface area contributed by atoms with Gasteiger partial charge in [-0.2, -0.15) is 0 Å². The van der Waals surface area contributed by atoms with E-state index in [0.717, 1.165) is 13.0 Å². The number of aliphatic hydroxyl groups is 3. The molecule has 0 saturated heterocycles. The molecule has 2 aliphatic rings. The Hall–Kier alpha value is -0.490. The first-order valence-corrected chi connectivity index (χ1v) is 8.01. The second kappa shape index (κ2) is 7.18. The number of alkyl halides is 1. The molecular formula is C16H28FNO3. The Morgan fingerprint density at radius 3 is 2.48 bits per heavy atom. The van der Waals surface area contributed by atoms with Crippen LogP contribution in [0.15, 0.2) is 11.6 Å². The molecule has 21 heavy (non-hydrogen) atoms. The van der Waals surface area contributed by atoms with Crippen molar-refractivity contribution in [1.29, 1.82) is 0 Å². The second-order valence-electron chi connectivity index (χ2n) is 6.90. The first kappa shape index (κ1) is 16.9. The van der Waals surface area contributed by atoms with Gasteiger partial charge in [0, 0.05) is 0 Å². The Bertz CT molecular complexity index is 369. The molecule has 4 nitrogen and oxygen atoms in total. The molecule has 0 amide bonds. The van der Waals surface area contributed by atoms with Crippen LogP contribution in [0, 0.1) is 5.41 Å². The molecule has 0 aromatic heterocycles. The number of halogens is 1. The number of nitrogens with one attached hydrogen (secondary N) is 1. The van der Waals surface area contributed by atoms with E-state index in [2.05, 4.69) is 12.2 Å². The van der Waals surface area contributed by atoms with Crippen LogP contribution in [-0.4, -0.2) is 52.9 Å². The molecule has 1 fully saturated rings. The molecule has 0 unspecified atom stereocenters. The maximum atomic E-state index is 12.8. The Balaban J connectivity index is 1.88. The van der Waals surface area contributed by atoms with E-state index in [1.807, 2.05) is 0 Å². The topological polar surface area (TPSA) is 72.7 Å². The number of hydrogen-bond acceptors (Lipinski definition) is 4. The lowest BCUT2D eigenvalue weighted by Gasteiger charge is -2.37. The SMILES string of the molecule is CC1(CCN[C@@H]2C=C(CF)[C@H](O)[C@H](O)[C@H]2O)CCCCC1. The standard InChI is InChI=1S/C16H28FNO3/c1-16(5-3-2-4-6-16)7-8-18-12-9-11(10-17)13(19)15(21)14(12)20/h9,12-15,18-21H,2-8,10H2,1H3/t12-,13+,14+,15+/m1/s1. The fourth-order valence-corrected chi connectivity index (χ4v) is 3.55. The van der Waals surface area contributed by atoms with Crippen molar-refractivity contribution in [3.05, 3.63) is 11.6 Å². The Morgan fingerprint density at radius 2 is 1.86 bits per heavy atom. The van der Waals surface area contributed by atoms with Crippen molar-refractivity contribution in [3.8, 4) is 0 Å². The summed E-state index contributed by atoms with van der Waals surface area (Å²) in [7, 11) is 0. The van der Waals surface area contributed by atoms with Crippen LogP contribution < -0.4 is 5.32 Å². The molecule has 0 radical (unpaired) electrons. The van der Waals surface area contributed by atoms with Gasteiger partial charge in [-0.05, 0) is 36.8 Å². The predicted octanol–water partition coefficient (Wildman–Crippen LogP) is 1.30. The summed E-state index contributed by atoms with van der Waals surface area (Å²) in [5.74, 6) is 0. The highest BCUT2D eigenvalue weighted by Crippen LogP contribution is 2.38. The number of hydrogen-bond donors (Lipinski definition) is 4. The average molecular weight is 301 g/mol. The van der Waals surface area contributed by atoms with Crippen LogP contribution >= 0.6 is 0 Å². The summed E-state index contributed by atoms with van der Waals surface area (Å²) >= 11 is 0. The van der Waals surface area contributed by atoms with Crippen LogP contribution in [0.1, 0.15) is 45.4 Å². The van der Waals surface area contributed by atoms with Crippen LogP contribution in [0.4, 0.5) is 4.39 Å². The van der Waals surface area contributed by atoms with Gasteiger partial charge in [0.05, 0.1) is 6.04 Å². The number of rotatable bonds is 5. The van der Waals surface area contributed by atoms with Gasteiger partial charge in [-0.15, -0.1) is 0 Å². The molecule has 2 rings (SSSR count). The third-order valence-corrected chi connectivity index (χ3v) is 5.14. The van der Waals surface area contributed by atoms with E-state index in [1.54, 1.807) is 0 Å². The smallest absolute Gasteiger partial charge is 0.113 e. The van der Waals surface area contributed by atoms with Crippen LogP contribution in [0.5, 0.6) is 0 Å². The van der Waals surface area contributed by atoms with Gasteiger partial charge >= 0.3 is 0 Å². The molecule has 4 atom stereocenters. The van der Waals surface area contributed by atoms with Crippen LogP contribution in [-0.2, 0) is 0 Å². The van der Waals surface area contributed by atoms with E-state index in [9.17, 15) is 19.7 Å². The Kier molecular flexibility index (Phi) is 5.77. The second-order valence-corrected chi connectivity index (χ2v) is 6.90. The van der Waals surface area contributed by atoms with Gasteiger partial charge in [-0.25, -0.2) is 4.39 Å². The van der Waals surface area contributed by atoms with Gasteiger partial charge in [0.2, 0.25) is 0 Å². The molecule has 5 heteroatoms. The summed E-state index contributed by atoms with van der Waals surface area (Å²) in [5.41, 5.74) is 0.490. The first-order valence-electron chi connectivity index (χ1n) is 8.01.